The van der Waals surface area contributed by atoms with Crippen molar-refractivity contribution in [3.63, 3.8) is 0 Å². The molecule has 3 rings (SSSR count). The van der Waals surface area contributed by atoms with Crippen molar-refractivity contribution in [3.8, 4) is 0 Å². The molecule has 0 saturated heterocycles. The van der Waals surface area contributed by atoms with Crippen LogP contribution in [0.3, 0.4) is 0 Å². The number of benzene rings is 1. The molecule has 0 saturated carbocycles. The number of carbonyl (C=O) groups is 1. The van der Waals surface area contributed by atoms with E-state index < -0.39 is 21.1 Å². The van der Waals surface area contributed by atoms with Gasteiger partial charge < -0.3 is 9.15 Å². The Morgan fingerprint density at radius 2 is 2.12 bits per heavy atom. The van der Waals surface area contributed by atoms with Gasteiger partial charge in [0.05, 0.1) is 29.4 Å². The van der Waals surface area contributed by atoms with Gasteiger partial charge in [-0.15, -0.1) is 0 Å². The molecule has 0 fully saturated rings. The summed E-state index contributed by atoms with van der Waals surface area (Å²) < 4.78 is 36.3. The highest BCUT2D eigenvalue weighted by Crippen LogP contribution is 2.30. The van der Waals surface area contributed by atoms with Crippen LogP contribution in [0.25, 0.3) is 11.0 Å². The molecule has 1 aromatic carbocycles. The molecular formula is C18H20O5S. The van der Waals surface area contributed by atoms with Crippen LogP contribution in [0, 0.1) is 0 Å². The summed E-state index contributed by atoms with van der Waals surface area (Å²) in [6.45, 7) is 1.94. The standard InChI is InChI=1S/C18H20O5S/c1-2-22-18(19)15-8-4-6-10-17(15)24(20,21)12-13-11-23-16-9-5-3-7-14(13)16/h3,5,7-9,11,17H,2,4,6,10,12H2,1H3. The lowest BCUT2D eigenvalue weighted by Gasteiger charge is -2.23. The topological polar surface area (TPSA) is 73.6 Å². The van der Waals surface area contributed by atoms with Crippen LogP contribution < -0.4 is 0 Å². The van der Waals surface area contributed by atoms with Crippen LogP contribution in [0.5, 0.6) is 0 Å². The number of ether oxygens (including phenoxy) is 1. The fourth-order valence-corrected chi connectivity index (χ4v) is 5.08. The summed E-state index contributed by atoms with van der Waals surface area (Å²) in [5.41, 5.74) is 1.56. The summed E-state index contributed by atoms with van der Waals surface area (Å²) in [4.78, 5) is 12.1. The van der Waals surface area contributed by atoms with E-state index in [0.717, 1.165) is 11.8 Å². The Morgan fingerprint density at radius 1 is 1.33 bits per heavy atom. The second kappa shape index (κ2) is 6.81. The minimum atomic E-state index is -3.54. The molecule has 1 aliphatic carbocycles. The van der Waals surface area contributed by atoms with Gasteiger partial charge in [-0.2, -0.15) is 0 Å². The van der Waals surface area contributed by atoms with Crippen LogP contribution in [-0.4, -0.2) is 26.2 Å². The molecule has 1 unspecified atom stereocenters. The zero-order valence-electron chi connectivity index (χ0n) is 13.5. The van der Waals surface area contributed by atoms with Crippen molar-refractivity contribution in [2.24, 2.45) is 0 Å². The molecule has 1 aliphatic rings. The molecule has 0 N–H and O–H groups in total. The Labute approximate surface area is 141 Å². The molecule has 1 atom stereocenters. The number of esters is 1. The van der Waals surface area contributed by atoms with Gasteiger partial charge in [0.15, 0.2) is 9.84 Å². The number of rotatable bonds is 5. The molecule has 0 radical (unpaired) electrons. The molecule has 0 amide bonds. The number of furan rings is 1. The summed E-state index contributed by atoms with van der Waals surface area (Å²) in [5, 5.41) is -0.0162. The summed E-state index contributed by atoms with van der Waals surface area (Å²) in [6.07, 6.45) is 5.09. The lowest BCUT2D eigenvalue weighted by atomic mass is 9.99. The van der Waals surface area contributed by atoms with E-state index in [1.54, 1.807) is 19.1 Å². The SMILES string of the molecule is CCOC(=O)C1=CCCCC1S(=O)(=O)Cc1coc2ccccc12. The molecule has 0 spiro atoms. The first-order valence-electron chi connectivity index (χ1n) is 8.06. The van der Waals surface area contributed by atoms with Crippen molar-refractivity contribution in [2.45, 2.75) is 37.2 Å². The van der Waals surface area contributed by atoms with Crippen molar-refractivity contribution >= 4 is 26.8 Å². The third-order valence-corrected chi connectivity index (χ3v) is 6.31. The van der Waals surface area contributed by atoms with Gasteiger partial charge in [-0.1, -0.05) is 24.3 Å². The minimum absolute atomic E-state index is 0.147. The predicted molar refractivity (Wildman–Crippen MR) is 91.2 cm³/mol. The molecule has 1 aromatic heterocycles. The lowest BCUT2D eigenvalue weighted by Crippen LogP contribution is -2.31. The van der Waals surface area contributed by atoms with Crippen LogP contribution in [0.15, 0.2) is 46.6 Å². The van der Waals surface area contributed by atoms with Crippen LogP contribution in [0.1, 0.15) is 31.7 Å². The zero-order valence-corrected chi connectivity index (χ0v) is 14.3. The van der Waals surface area contributed by atoms with Gasteiger partial charge in [0.2, 0.25) is 0 Å². The molecule has 24 heavy (non-hydrogen) atoms. The number of carbonyl (C=O) groups excluding carboxylic acids is 1. The van der Waals surface area contributed by atoms with Gasteiger partial charge in [0, 0.05) is 10.9 Å². The maximum atomic E-state index is 12.9. The smallest absolute Gasteiger partial charge is 0.335 e. The lowest BCUT2D eigenvalue weighted by molar-refractivity contribution is -0.138. The minimum Gasteiger partial charge on any atom is -0.464 e. The van der Waals surface area contributed by atoms with Crippen LogP contribution >= 0.6 is 0 Å². The first kappa shape index (κ1) is 16.8. The number of sulfone groups is 1. The predicted octanol–water partition coefficient (Wildman–Crippen LogP) is 3.39. The van der Waals surface area contributed by atoms with Gasteiger partial charge >= 0.3 is 5.97 Å². The number of allylic oxidation sites excluding steroid dienone is 1. The molecule has 128 valence electrons. The third kappa shape index (κ3) is 3.24. The van der Waals surface area contributed by atoms with E-state index in [0.29, 0.717) is 24.0 Å². The normalized spacial score (nSPS) is 18.4. The fourth-order valence-electron chi connectivity index (χ4n) is 3.11. The molecular weight excluding hydrogens is 328 g/mol. The van der Waals surface area contributed by atoms with Crippen LogP contribution in [0.4, 0.5) is 0 Å². The highest BCUT2D eigenvalue weighted by atomic mass is 32.2. The Kier molecular flexibility index (Phi) is 4.76. The highest BCUT2D eigenvalue weighted by Gasteiger charge is 2.35. The Hall–Kier alpha value is -2.08. The summed E-state index contributed by atoms with van der Waals surface area (Å²) in [5.74, 6) is -0.673. The van der Waals surface area contributed by atoms with E-state index in [2.05, 4.69) is 0 Å². The number of fused-ring (bicyclic) bond motifs is 1. The Morgan fingerprint density at radius 3 is 2.92 bits per heavy atom. The third-order valence-electron chi connectivity index (χ3n) is 4.24. The van der Waals surface area contributed by atoms with Gasteiger partial charge in [0.1, 0.15) is 5.58 Å². The average molecular weight is 348 g/mol. The van der Waals surface area contributed by atoms with Crippen molar-refractivity contribution in [3.05, 3.63) is 47.7 Å². The quantitative estimate of drug-likeness (QED) is 0.774. The second-order valence-electron chi connectivity index (χ2n) is 5.86. The second-order valence-corrected chi connectivity index (χ2v) is 8.05. The largest absolute Gasteiger partial charge is 0.464 e. The van der Waals surface area contributed by atoms with E-state index in [9.17, 15) is 13.2 Å². The Balaban J connectivity index is 1.90. The van der Waals surface area contributed by atoms with Crippen molar-refractivity contribution in [1.82, 2.24) is 0 Å². The summed E-state index contributed by atoms with van der Waals surface area (Å²) in [6, 6.07) is 7.33. The average Bonchev–Trinajstić information content (AvgIpc) is 2.98. The summed E-state index contributed by atoms with van der Waals surface area (Å²) >= 11 is 0. The number of hydrogen-bond acceptors (Lipinski definition) is 5. The molecule has 2 aromatic rings. The maximum Gasteiger partial charge on any atom is 0.335 e. The van der Waals surface area contributed by atoms with Gasteiger partial charge in [0.25, 0.3) is 0 Å². The monoisotopic (exact) mass is 348 g/mol. The van der Waals surface area contributed by atoms with Crippen molar-refractivity contribution in [2.75, 3.05) is 6.61 Å². The first-order valence-corrected chi connectivity index (χ1v) is 9.78. The van der Waals surface area contributed by atoms with E-state index in [4.69, 9.17) is 9.15 Å². The zero-order chi connectivity index (χ0) is 17.2. The van der Waals surface area contributed by atoms with Gasteiger partial charge in [-0.25, -0.2) is 13.2 Å². The van der Waals surface area contributed by atoms with E-state index >= 15 is 0 Å². The summed E-state index contributed by atoms with van der Waals surface area (Å²) in [7, 11) is -3.54. The Bertz CT molecular complexity index is 876. The van der Waals surface area contributed by atoms with Crippen LogP contribution in [0.2, 0.25) is 0 Å². The molecule has 0 aliphatic heterocycles. The molecule has 6 heteroatoms. The molecule has 0 bridgehead atoms. The highest BCUT2D eigenvalue weighted by molar-refractivity contribution is 7.91. The number of hydrogen-bond donors (Lipinski definition) is 0. The van der Waals surface area contributed by atoms with Gasteiger partial charge in [-0.3, -0.25) is 0 Å². The van der Waals surface area contributed by atoms with E-state index in [1.807, 2.05) is 18.2 Å². The maximum absolute atomic E-state index is 12.9. The number of para-hydroxylation sites is 1. The van der Waals surface area contributed by atoms with Crippen molar-refractivity contribution < 1.29 is 22.4 Å². The molecule has 5 nitrogen and oxygen atoms in total. The fraction of sp³-hybridized carbons (Fsp3) is 0.389. The van der Waals surface area contributed by atoms with E-state index in [1.165, 1.54) is 6.26 Å². The van der Waals surface area contributed by atoms with Crippen LogP contribution in [-0.2, 0) is 25.1 Å². The van der Waals surface area contributed by atoms with Crippen molar-refractivity contribution in [1.29, 1.82) is 0 Å². The van der Waals surface area contributed by atoms with E-state index in [-0.39, 0.29) is 17.9 Å². The first-order chi connectivity index (χ1) is 11.5. The molecule has 1 heterocycles. The van der Waals surface area contributed by atoms with Gasteiger partial charge in [-0.05, 0) is 32.3 Å².